The van der Waals surface area contributed by atoms with Gasteiger partial charge in [-0.15, -0.1) is 0 Å². The molecule has 2 atom stereocenters. The molecule has 0 radical (unpaired) electrons. The molecule has 2 bridgehead atoms. The van der Waals surface area contributed by atoms with Crippen molar-refractivity contribution >= 4 is 22.6 Å². The summed E-state index contributed by atoms with van der Waals surface area (Å²) in [5.41, 5.74) is 2.14. The number of hydrogen-bond donors (Lipinski definition) is 0. The Hall–Kier alpha value is -2.10. The number of aromatic nitrogens is 1. The third-order valence-electron chi connectivity index (χ3n) is 5.08. The third-order valence-corrected chi connectivity index (χ3v) is 5.08. The van der Waals surface area contributed by atoms with Gasteiger partial charge in [0.2, 0.25) is 0 Å². The van der Waals surface area contributed by atoms with E-state index < -0.39 is 5.60 Å². The van der Waals surface area contributed by atoms with Gasteiger partial charge in [0, 0.05) is 29.9 Å². The zero-order valence-corrected chi connectivity index (χ0v) is 14.6. The second-order valence-electron chi connectivity index (χ2n) is 8.05. The van der Waals surface area contributed by atoms with E-state index in [1.807, 2.05) is 26.8 Å². The van der Waals surface area contributed by atoms with Crippen LogP contribution in [-0.4, -0.2) is 29.1 Å². The lowest BCUT2D eigenvalue weighted by Gasteiger charge is -2.29. The Morgan fingerprint density at radius 3 is 2.75 bits per heavy atom. The van der Waals surface area contributed by atoms with E-state index in [2.05, 4.69) is 22.0 Å². The molecule has 2 aliphatic rings. The van der Waals surface area contributed by atoms with Crippen molar-refractivity contribution < 1.29 is 9.53 Å². The summed E-state index contributed by atoms with van der Waals surface area (Å²) in [6.07, 6.45) is 5.64. The standard InChI is InChI=1S/C20H24N2O2/c1-20(2,3)24-19(23)16-8-9-21-18-7-6-15(11-17(16)18)22-12-13-4-5-14(22)10-13/h6-9,11,13-14H,4-5,10,12H2,1-3H3/t13?,14-/m0/s1. The maximum absolute atomic E-state index is 12.6. The summed E-state index contributed by atoms with van der Waals surface area (Å²) in [5, 5.41) is 0.882. The molecule has 0 amide bonds. The van der Waals surface area contributed by atoms with E-state index in [1.54, 1.807) is 12.3 Å². The number of carbonyl (C=O) groups is 1. The van der Waals surface area contributed by atoms with Gasteiger partial charge in [0.25, 0.3) is 0 Å². The zero-order chi connectivity index (χ0) is 16.9. The van der Waals surface area contributed by atoms with Crippen molar-refractivity contribution in [1.82, 2.24) is 4.98 Å². The topological polar surface area (TPSA) is 42.4 Å². The van der Waals surface area contributed by atoms with Crippen LogP contribution in [0, 0.1) is 5.92 Å². The van der Waals surface area contributed by atoms with Crippen LogP contribution in [0.3, 0.4) is 0 Å². The summed E-state index contributed by atoms with van der Waals surface area (Å²) < 4.78 is 5.57. The Labute approximate surface area is 142 Å². The molecule has 2 aromatic rings. The molecule has 1 aliphatic carbocycles. The van der Waals surface area contributed by atoms with Crippen LogP contribution in [0.1, 0.15) is 50.4 Å². The van der Waals surface area contributed by atoms with Crippen molar-refractivity contribution in [2.45, 2.75) is 51.7 Å². The highest BCUT2D eigenvalue weighted by molar-refractivity contribution is 6.04. The fraction of sp³-hybridized carbons (Fsp3) is 0.500. The largest absolute Gasteiger partial charge is 0.456 e. The number of nitrogens with zero attached hydrogens (tertiary/aromatic N) is 2. The van der Waals surface area contributed by atoms with Crippen LogP contribution in [0.5, 0.6) is 0 Å². The average molecular weight is 324 g/mol. The number of hydrogen-bond acceptors (Lipinski definition) is 4. The van der Waals surface area contributed by atoms with Crippen molar-refractivity contribution in [2.24, 2.45) is 5.92 Å². The molecule has 2 heterocycles. The summed E-state index contributed by atoms with van der Waals surface area (Å²) in [5.74, 6) is 0.555. The van der Waals surface area contributed by atoms with Crippen LogP contribution in [0.25, 0.3) is 10.9 Å². The molecule has 1 aliphatic heterocycles. The quantitative estimate of drug-likeness (QED) is 0.777. The van der Waals surface area contributed by atoms with Crippen molar-refractivity contribution in [3.8, 4) is 0 Å². The normalized spacial score (nSPS) is 23.0. The lowest BCUT2D eigenvalue weighted by Crippen LogP contribution is -2.31. The molecule has 2 fully saturated rings. The van der Waals surface area contributed by atoms with Crippen LogP contribution in [0.4, 0.5) is 5.69 Å². The second-order valence-corrected chi connectivity index (χ2v) is 8.05. The number of anilines is 1. The molecular formula is C20H24N2O2. The molecule has 4 heteroatoms. The predicted molar refractivity (Wildman–Crippen MR) is 95.4 cm³/mol. The number of piperidine rings is 1. The second kappa shape index (κ2) is 5.47. The fourth-order valence-corrected chi connectivity index (χ4v) is 4.06. The van der Waals surface area contributed by atoms with E-state index >= 15 is 0 Å². The SMILES string of the molecule is CC(C)(C)OC(=O)c1ccnc2ccc(N3CC4CC[C@H]3C4)cc12. The Balaban J connectivity index is 1.72. The van der Waals surface area contributed by atoms with Crippen LogP contribution in [0.2, 0.25) is 0 Å². The molecule has 0 N–H and O–H groups in total. The Morgan fingerprint density at radius 1 is 1.25 bits per heavy atom. The molecule has 1 unspecified atom stereocenters. The summed E-state index contributed by atoms with van der Waals surface area (Å²) in [6, 6.07) is 8.69. The first-order valence-electron chi connectivity index (χ1n) is 8.79. The minimum Gasteiger partial charge on any atom is -0.456 e. The van der Waals surface area contributed by atoms with Gasteiger partial charge in [0.15, 0.2) is 0 Å². The van der Waals surface area contributed by atoms with Crippen LogP contribution in [0.15, 0.2) is 30.5 Å². The molecule has 24 heavy (non-hydrogen) atoms. The van der Waals surface area contributed by atoms with Gasteiger partial charge in [-0.3, -0.25) is 4.98 Å². The maximum atomic E-state index is 12.6. The van der Waals surface area contributed by atoms with Crippen molar-refractivity contribution in [3.63, 3.8) is 0 Å². The number of rotatable bonds is 2. The average Bonchev–Trinajstić information content (AvgIpc) is 3.15. The van der Waals surface area contributed by atoms with Gasteiger partial charge in [-0.05, 0) is 70.2 Å². The molecule has 1 saturated carbocycles. The summed E-state index contributed by atoms with van der Waals surface area (Å²) in [6.45, 7) is 6.81. The summed E-state index contributed by atoms with van der Waals surface area (Å²) in [7, 11) is 0. The Kier molecular flexibility index (Phi) is 3.52. The van der Waals surface area contributed by atoms with E-state index in [1.165, 1.54) is 24.9 Å². The fourth-order valence-electron chi connectivity index (χ4n) is 4.06. The van der Waals surface area contributed by atoms with E-state index in [4.69, 9.17) is 4.74 Å². The monoisotopic (exact) mass is 324 g/mol. The molecule has 126 valence electrons. The van der Waals surface area contributed by atoms with Crippen LogP contribution in [-0.2, 0) is 4.74 Å². The highest BCUT2D eigenvalue weighted by Crippen LogP contribution is 2.40. The van der Waals surface area contributed by atoms with Gasteiger partial charge in [0.1, 0.15) is 5.60 Å². The number of pyridine rings is 1. The summed E-state index contributed by atoms with van der Waals surface area (Å²) in [4.78, 5) is 19.5. The first-order valence-corrected chi connectivity index (χ1v) is 8.79. The number of fused-ring (bicyclic) bond motifs is 3. The van der Waals surface area contributed by atoms with Crippen molar-refractivity contribution in [1.29, 1.82) is 0 Å². The van der Waals surface area contributed by atoms with Crippen LogP contribution < -0.4 is 4.90 Å². The van der Waals surface area contributed by atoms with Gasteiger partial charge >= 0.3 is 5.97 Å². The smallest absolute Gasteiger partial charge is 0.339 e. The Bertz CT molecular complexity index is 794. The number of ether oxygens (including phenoxy) is 1. The number of esters is 1. The number of benzene rings is 1. The minimum absolute atomic E-state index is 0.282. The Morgan fingerprint density at radius 2 is 2.08 bits per heavy atom. The van der Waals surface area contributed by atoms with Gasteiger partial charge in [-0.1, -0.05) is 0 Å². The molecular weight excluding hydrogens is 300 g/mol. The highest BCUT2D eigenvalue weighted by Gasteiger charge is 2.37. The van der Waals surface area contributed by atoms with E-state index in [0.717, 1.165) is 23.4 Å². The van der Waals surface area contributed by atoms with Gasteiger partial charge < -0.3 is 9.64 Å². The highest BCUT2D eigenvalue weighted by atomic mass is 16.6. The van der Waals surface area contributed by atoms with Gasteiger partial charge in [-0.2, -0.15) is 0 Å². The predicted octanol–water partition coefficient (Wildman–Crippen LogP) is 4.18. The van der Waals surface area contributed by atoms with E-state index in [-0.39, 0.29) is 5.97 Å². The molecule has 4 rings (SSSR count). The zero-order valence-electron chi connectivity index (χ0n) is 14.6. The molecule has 0 spiro atoms. The lowest BCUT2D eigenvalue weighted by atomic mass is 10.1. The molecule has 1 saturated heterocycles. The first kappa shape index (κ1) is 15.4. The van der Waals surface area contributed by atoms with Gasteiger partial charge in [-0.25, -0.2) is 4.79 Å². The van der Waals surface area contributed by atoms with E-state index in [0.29, 0.717) is 11.6 Å². The molecule has 1 aromatic heterocycles. The molecule has 4 nitrogen and oxygen atoms in total. The van der Waals surface area contributed by atoms with E-state index in [9.17, 15) is 4.79 Å². The lowest BCUT2D eigenvalue weighted by molar-refractivity contribution is 0.00718. The van der Waals surface area contributed by atoms with Crippen LogP contribution >= 0.6 is 0 Å². The first-order chi connectivity index (χ1) is 11.4. The minimum atomic E-state index is -0.502. The summed E-state index contributed by atoms with van der Waals surface area (Å²) >= 11 is 0. The van der Waals surface area contributed by atoms with Crippen molar-refractivity contribution in [3.05, 3.63) is 36.0 Å². The van der Waals surface area contributed by atoms with Crippen molar-refractivity contribution in [2.75, 3.05) is 11.4 Å². The maximum Gasteiger partial charge on any atom is 0.339 e. The molecule has 1 aromatic carbocycles. The van der Waals surface area contributed by atoms with Gasteiger partial charge in [0.05, 0.1) is 11.1 Å². The third kappa shape index (κ3) is 2.74. The number of carbonyl (C=O) groups excluding carboxylic acids is 1.